The summed E-state index contributed by atoms with van der Waals surface area (Å²) in [6.07, 6.45) is 8.35. The minimum atomic E-state index is -0.183. The summed E-state index contributed by atoms with van der Waals surface area (Å²) in [7, 11) is 0. The molecule has 3 nitrogen and oxygen atoms in total. The molecule has 2 N–H and O–H groups in total. The van der Waals surface area contributed by atoms with E-state index in [1.807, 2.05) is 6.07 Å². The monoisotopic (exact) mass is 332 g/mol. The van der Waals surface area contributed by atoms with Crippen LogP contribution in [0, 0.1) is 11.7 Å². The molecule has 1 saturated heterocycles. The van der Waals surface area contributed by atoms with Crippen LogP contribution in [0.25, 0.3) is 0 Å². The lowest BCUT2D eigenvalue weighted by Gasteiger charge is -2.38. The lowest BCUT2D eigenvalue weighted by atomic mass is 9.69. The van der Waals surface area contributed by atoms with E-state index in [1.54, 1.807) is 12.1 Å². The van der Waals surface area contributed by atoms with Gasteiger partial charge in [0.25, 0.3) is 0 Å². The van der Waals surface area contributed by atoms with Gasteiger partial charge in [-0.15, -0.1) is 0 Å². The smallest absolute Gasteiger partial charge is 0.220 e. The molecule has 2 fully saturated rings. The lowest BCUT2D eigenvalue weighted by Crippen LogP contribution is -2.42. The van der Waals surface area contributed by atoms with E-state index in [4.69, 9.17) is 0 Å². The van der Waals surface area contributed by atoms with Crippen molar-refractivity contribution in [2.75, 3.05) is 19.6 Å². The van der Waals surface area contributed by atoms with Crippen LogP contribution in [0.3, 0.4) is 0 Å². The van der Waals surface area contributed by atoms with Crippen LogP contribution < -0.4 is 10.6 Å². The molecule has 0 aromatic heterocycles. The molecule has 1 aromatic carbocycles. The minimum Gasteiger partial charge on any atom is -0.355 e. The van der Waals surface area contributed by atoms with Crippen LogP contribution in [0.5, 0.6) is 0 Å². The number of carbonyl (C=O) groups excluding carboxylic acids is 1. The molecule has 0 bridgehead atoms. The molecule has 3 rings (SSSR count). The van der Waals surface area contributed by atoms with Crippen molar-refractivity contribution >= 4 is 5.91 Å². The summed E-state index contributed by atoms with van der Waals surface area (Å²) in [5.74, 6) is 0.600. The summed E-state index contributed by atoms with van der Waals surface area (Å²) in [6, 6.07) is 6.95. The Morgan fingerprint density at radius 1 is 1.29 bits per heavy atom. The number of hydrogen-bond donors (Lipinski definition) is 2. The van der Waals surface area contributed by atoms with Gasteiger partial charge in [-0.2, -0.15) is 0 Å². The van der Waals surface area contributed by atoms with Crippen molar-refractivity contribution in [3.8, 4) is 0 Å². The number of nitrogens with one attached hydrogen (secondary N) is 2. The highest BCUT2D eigenvalue weighted by Crippen LogP contribution is 2.39. The summed E-state index contributed by atoms with van der Waals surface area (Å²) >= 11 is 0. The van der Waals surface area contributed by atoms with Crippen LogP contribution in [-0.2, 0) is 10.2 Å². The molecule has 1 aliphatic carbocycles. The minimum absolute atomic E-state index is 0.0923. The molecular formula is C20H29FN2O. The average molecular weight is 332 g/mol. The van der Waals surface area contributed by atoms with Crippen molar-refractivity contribution in [3.63, 3.8) is 0 Å². The Bertz CT molecular complexity index is 548. The molecule has 1 aromatic rings. The first-order chi connectivity index (χ1) is 11.7. The number of amides is 1. The van der Waals surface area contributed by atoms with E-state index in [9.17, 15) is 9.18 Å². The van der Waals surface area contributed by atoms with Crippen molar-refractivity contribution in [2.24, 2.45) is 5.92 Å². The molecule has 2 aliphatic rings. The van der Waals surface area contributed by atoms with Crippen molar-refractivity contribution in [1.29, 1.82) is 0 Å². The highest BCUT2D eigenvalue weighted by atomic mass is 19.1. The zero-order chi connectivity index (χ0) is 16.8. The number of carbonyl (C=O) groups is 1. The van der Waals surface area contributed by atoms with Crippen molar-refractivity contribution in [1.82, 2.24) is 10.6 Å². The zero-order valence-electron chi connectivity index (χ0n) is 14.5. The normalized spacial score (nSPS) is 23.1. The first kappa shape index (κ1) is 17.4. The van der Waals surface area contributed by atoms with Crippen molar-refractivity contribution < 1.29 is 9.18 Å². The van der Waals surface area contributed by atoms with Gasteiger partial charge in [-0.3, -0.25) is 4.79 Å². The van der Waals surface area contributed by atoms with Crippen LogP contribution in [-0.4, -0.2) is 25.5 Å². The molecular weight excluding hydrogens is 303 g/mol. The summed E-state index contributed by atoms with van der Waals surface area (Å²) in [5.41, 5.74) is 0.952. The number of hydrogen-bond acceptors (Lipinski definition) is 2. The third kappa shape index (κ3) is 4.35. The Labute approximate surface area is 144 Å². The fourth-order valence-corrected chi connectivity index (χ4v) is 4.27. The zero-order valence-corrected chi connectivity index (χ0v) is 14.5. The van der Waals surface area contributed by atoms with Crippen LogP contribution >= 0.6 is 0 Å². The standard InChI is InChI=1S/C20H29FN2O/c21-18-6-4-5-17(13-18)20(10-2-1-3-11-20)15-23-19(24)8-7-16-9-12-22-14-16/h4-6,13,16,22H,1-3,7-12,14-15H2,(H,23,24). The van der Waals surface area contributed by atoms with Crippen LogP contribution in [0.1, 0.15) is 56.9 Å². The Morgan fingerprint density at radius 2 is 2.12 bits per heavy atom. The predicted molar refractivity (Wildman–Crippen MR) is 94.4 cm³/mol. The van der Waals surface area contributed by atoms with E-state index in [0.29, 0.717) is 18.9 Å². The van der Waals surface area contributed by atoms with Gasteiger partial charge in [-0.1, -0.05) is 31.4 Å². The number of rotatable bonds is 6. The largest absolute Gasteiger partial charge is 0.355 e. The van der Waals surface area contributed by atoms with Gasteiger partial charge >= 0.3 is 0 Å². The number of halogens is 1. The van der Waals surface area contributed by atoms with Gasteiger partial charge in [0.1, 0.15) is 5.82 Å². The topological polar surface area (TPSA) is 41.1 Å². The summed E-state index contributed by atoms with van der Waals surface area (Å²) in [5, 5.41) is 6.50. The third-order valence-electron chi connectivity index (χ3n) is 5.81. The molecule has 4 heteroatoms. The van der Waals surface area contributed by atoms with E-state index in [1.165, 1.54) is 18.9 Å². The second kappa shape index (κ2) is 8.11. The van der Waals surface area contributed by atoms with Gasteiger partial charge < -0.3 is 10.6 Å². The maximum absolute atomic E-state index is 13.7. The molecule has 0 spiro atoms. The second-order valence-corrected chi connectivity index (χ2v) is 7.53. The summed E-state index contributed by atoms with van der Waals surface area (Å²) < 4.78 is 13.7. The number of benzene rings is 1. The fraction of sp³-hybridized carbons (Fsp3) is 0.650. The third-order valence-corrected chi connectivity index (χ3v) is 5.81. The van der Waals surface area contributed by atoms with Gasteiger partial charge in [-0.25, -0.2) is 4.39 Å². The van der Waals surface area contributed by atoms with Gasteiger partial charge in [0, 0.05) is 18.4 Å². The second-order valence-electron chi connectivity index (χ2n) is 7.53. The van der Waals surface area contributed by atoms with E-state index in [2.05, 4.69) is 10.6 Å². The van der Waals surface area contributed by atoms with E-state index in [-0.39, 0.29) is 17.1 Å². The SMILES string of the molecule is O=C(CCC1CCNC1)NCC1(c2cccc(F)c2)CCCCC1. The molecule has 24 heavy (non-hydrogen) atoms. The van der Waals surface area contributed by atoms with Gasteiger partial charge in [0.2, 0.25) is 5.91 Å². The fourth-order valence-electron chi connectivity index (χ4n) is 4.27. The Kier molecular flexibility index (Phi) is 5.88. The van der Waals surface area contributed by atoms with Crippen LogP contribution in [0.4, 0.5) is 4.39 Å². The Balaban J connectivity index is 1.59. The Hall–Kier alpha value is -1.42. The van der Waals surface area contributed by atoms with Crippen LogP contribution in [0.15, 0.2) is 24.3 Å². The Morgan fingerprint density at radius 3 is 2.83 bits per heavy atom. The molecule has 1 amide bonds. The molecule has 1 aliphatic heterocycles. The lowest BCUT2D eigenvalue weighted by molar-refractivity contribution is -0.121. The van der Waals surface area contributed by atoms with Gasteiger partial charge in [-0.05, 0) is 62.4 Å². The first-order valence-electron chi connectivity index (χ1n) is 9.41. The predicted octanol–water partition coefficient (Wildman–Crippen LogP) is 3.53. The van der Waals surface area contributed by atoms with Crippen molar-refractivity contribution in [2.45, 2.75) is 56.8 Å². The summed E-state index contributed by atoms with van der Waals surface area (Å²) in [6.45, 7) is 2.76. The molecule has 1 atom stereocenters. The highest BCUT2D eigenvalue weighted by Gasteiger charge is 2.34. The molecule has 1 heterocycles. The molecule has 132 valence electrons. The van der Waals surface area contributed by atoms with E-state index in [0.717, 1.165) is 50.8 Å². The van der Waals surface area contributed by atoms with Gasteiger partial charge in [0.15, 0.2) is 0 Å². The molecule has 0 radical (unpaired) electrons. The first-order valence-corrected chi connectivity index (χ1v) is 9.41. The van der Waals surface area contributed by atoms with E-state index >= 15 is 0 Å². The van der Waals surface area contributed by atoms with Gasteiger partial charge in [0.05, 0.1) is 0 Å². The average Bonchev–Trinajstić information content (AvgIpc) is 3.12. The quantitative estimate of drug-likeness (QED) is 0.837. The van der Waals surface area contributed by atoms with Crippen LogP contribution in [0.2, 0.25) is 0 Å². The molecule has 1 unspecified atom stereocenters. The maximum Gasteiger partial charge on any atom is 0.220 e. The highest BCUT2D eigenvalue weighted by molar-refractivity contribution is 5.76. The summed E-state index contributed by atoms with van der Waals surface area (Å²) in [4.78, 5) is 12.3. The van der Waals surface area contributed by atoms with E-state index < -0.39 is 0 Å². The van der Waals surface area contributed by atoms with Crippen molar-refractivity contribution in [3.05, 3.63) is 35.6 Å². The maximum atomic E-state index is 13.7. The molecule has 1 saturated carbocycles.